The Morgan fingerprint density at radius 2 is 1.73 bits per heavy atom. The van der Waals surface area contributed by atoms with Crippen molar-refractivity contribution in [3.63, 3.8) is 0 Å². The minimum atomic E-state index is 0.943. The van der Waals surface area contributed by atoms with Crippen LogP contribution in [0.25, 0.3) is 10.9 Å². The smallest absolute Gasteiger partial charge is 0.126 e. The van der Waals surface area contributed by atoms with Gasteiger partial charge in [-0.05, 0) is 49.4 Å². The predicted octanol–water partition coefficient (Wildman–Crippen LogP) is 4.90. The first kappa shape index (κ1) is 14.6. The van der Waals surface area contributed by atoms with E-state index < -0.39 is 0 Å². The second kappa shape index (κ2) is 6.61. The van der Waals surface area contributed by atoms with Crippen molar-refractivity contribution in [1.29, 1.82) is 0 Å². The summed E-state index contributed by atoms with van der Waals surface area (Å²) < 4.78 is 0. The van der Waals surface area contributed by atoms with E-state index in [1.165, 1.54) is 22.1 Å². The summed E-state index contributed by atoms with van der Waals surface area (Å²) in [5.74, 6) is 0.979. The quantitative estimate of drug-likeness (QED) is 0.676. The van der Waals surface area contributed by atoms with Crippen LogP contribution in [-0.2, 0) is 6.42 Å². The van der Waals surface area contributed by atoms with Crippen molar-refractivity contribution in [3.05, 3.63) is 71.3 Å². The molecule has 2 aromatic carbocycles. The number of hydrogen-bond donors (Lipinski definition) is 1. The highest BCUT2D eigenvalue weighted by atomic mass is 15.0. The number of para-hydroxylation sites is 1. The second-order valence-electron chi connectivity index (χ2n) is 5.81. The third-order valence-corrected chi connectivity index (χ3v) is 4.04. The highest BCUT2D eigenvalue weighted by molar-refractivity contribution is 5.86. The van der Waals surface area contributed by atoms with Gasteiger partial charge in [0.2, 0.25) is 0 Å². The van der Waals surface area contributed by atoms with Crippen LogP contribution in [0, 0.1) is 13.8 Å². The molecule has 0 unspecified atom stereocenters. The predicted molar refractivity (Wildman–Crippen MR) is 94.5 cm³/mol. The van der Waals surface area contributed by atoms with Gasteiger partial charge in [0.05, 0.1) is 5.52 Å². The molecule has 0 fully saturated rings. The summed E-state index contributed by atoms with van der Waals surface area (Å²) in [5.41, 5.74) is 5.00. The Labute approximate surface area is 132 Å². The number of aromatic nitrogens is 1. The van der Waals surface area contributed by atoms with E-state index in [1.807, 2.05) is 0 Å². The molecule has 2 heteroatoms. The third kappa shape index (κ3) is 3.28. The zero-order chi connectivity index (χ0) is 15.4. The molecule has 0 aliphatic heterocycles. The van der Waals surface area contributed by atoms with E-state index in [2.05, 4.69) is 73.8 Å². The Morgan fingerprint density at radius 3 is 2.55 bits per heavy atom. The van der Waals surface area contributed by atoms with Crippen molar-refractivity contribution in [2.24, 2.45) is 0 Å². The zero-order valence-corrected chi connectivity index (χ0v) is 13.3. The number of pyridine rings is 1. The van der Waals surface area contributed by atoms with Gasteiger partial charge >= 0.3 is 0 Å². The normalized spacial score (nSPS) is 10.8. The first-order valence-corrected chi connectivity index (χ1v) is 7.89. The first-order valence-electron chi connectivity index (χ1n) is 7.89. The van der Waals surface area contributed by atoms with E-state index in [0.717, 1.165) is 30.7 Å². The van der Waals surface area contributed by atoms with Gasteiger partial charge in [-0.25, -0.2) is 4.98 Å². The molecule has 1 N–H and O–H groups in total. The van der Waals surface area contributed by atoms with Crippen molar-refractivity contribution >= 4 is 16.7 Å². The number of hydrogen-bond acceptors (Lipinski definition) is 2. The molecule has 1 aromatic heterocycles. The van der Waals surface area contributed by atoms with Gasteiger partial charge < -0.3 is 5.32 Å². The summed E-state index contributed by atoms with van der Waals surface area (Å²) in [6.07, 6.45) is 2.20. The van der Waals surface area contributed by atoms with Gasteiger partial charge in [0.1, 0.15) is 5.82 Å². The molecule has 2 nitrogen and oxygen atoms in total. The van der Waals surface area contributed by atoms with Gasteiger partial charge in [-0.1, -0.05) is 48.5 Å². The van der Waals surface area contributed by atoms with Crippen LogP contribution < -0.4 is 5.32 Å². The first-order chi connectivity index (χ1) is 10.7. The maximum atomic E-state index is 4.77. The molecule has 3 aromatic rings. The van der Waals surface area contributed by atoms with Crippen LogP contribution in [0.4, 0.5) is 5.82 Å². The number of benzene rings is 2. The highest BCUT2D eigenvalue weighted by Gasteiger charge is 2.04. The average Bonchev–Trinajstić information content (AvgIpc) is 2.54. The van der Waals surface area contributed by atoms with Crippen LogP contribution >= 0.6 is 0 Å². The number of nitrogens with one attached hydrogen (secondary N) is 1. The lowest BCUT2D eigenvalue weighted by atomic mass is 10.1. The Bertz CT molecular complexity index is 763. The van der Waals surface area contributed by atoms with Crippen LogP contribution in [0.15, 0.2) is 54.6 Å². The number of aryl methyl sites for hydroxylation is 3. The monoisotopic (exact) mass is 290 g/mol. The highest BCUT2D eigenvalue weighted by Crippen LogP contribution is 2.22. The van der Waals surface area contributed by atoms with Gasteiger partial charge in [0.15, 0.2) is 0 Å². The summed E-state index contributed by atoms with van der Waals surface area (Å²) in [7, 11) is 0. The van der Waals surface area contributed by atoms with Crippen LogP contribution in [0.2, 0.25) is 0 Å². The Morgan fingerprint density at radius 1 is 0.909 bits per heavy atom. The molecule has 0 saturated heterocycles. The molecule has 0 amide bonds. The maximum absolute atomic E-state index is 4.77. The van der Waals surface area contributed by atoms with Gasteiger partial charge in [-0.2, -0.15) is 0 Å². The lowest BCUT2D eigenvalue weighted by Crippen LogP contribution is -2.05. The maximum Gasteiger partial charge on any atom is 0.126 e. The minimum absolute atomic E-state index is 0.943. The van der Waals surface area contributed by atoms with Crippen molar-refractivity contribution in [2.75, 3.05) is 11.9 Å². The van der Waals surface area contributed by atoms with Gasteiger partial charge in [-0.15, -0.1) is 0 Å². The topological polar surface area (TPSA) is 24.9 Å². The third-order valence-electron chi connectivity index (χ3n) is 4.04. The van der Waals surface area contributed by atoms with E-state index in [4.69, 9.17) is 4.98 Å². The van der Waals surface area contributed by atoms with Gasteiger partial charge in [0, 0.05) is 11.9 Å². The molecular formula is C20H22N2. The Balaban J connectivity index is 1.65. The molecule has 112 valence electrons. The number of nitrogens with zero attached hydrogens (tertiary/aromatic N) is 1. The SMILES string of the molecule is Cc1cc(NCCCc2ccccc2)nc2c(C)cccc12. The molecule has 0 radical (unpaired) electrons. The lowest BCUT2D eigenvalue weighted by Gasteiger charge is -2.10. The fourth-order valence-corrected chi connectivity index (χ4v) is 2.81. The van der Waals surface area contributed by atoms with Crippen molar-refractivity contribution in [2.45, 2.75) is 26.7 Å². The van der Waals surface area contributed by atoms with E-state index in [9.17, 15) is 0 Å². The average molecular weight is 290 g/mol. The van der Waals surface area contributed by atoms with Crippen LogP contribution in [0.3, 0.4) is 0 Å². The summed E-state index contributed by atoms with van der Waals surface area (Å²) in [6, 6.07) is 19.1. The largest absolute Gasteiger partial charge is 0.370 e. The summed E-state index contributed by atoms with van der Waals surface area (Å²) in [6.45, 7) is 5.21. The molecule has 0 saturated carbocycles. The number of fused-ring (bicyclic) bond motifs is 1. The molecule has 0 aliphatic rings. The van der Waals surface area contributed by atoms with Crippen LogP contribution in [-0.4, -0.2) is 11.5 Å². The number of rotatable bonds is 5. The van der Waals surface area contributed by atoms with Gasteiger partial charge in [0.25, 0.3) is 0 Å². The zero-order valence-electron chi connectivity index (χ0n) is 13.3. The molecule has 0 aliphatic carbocycles. The molecule has 0 bridgehead atoms. The van der Waals surface area contributed by atoms with E-state index in [-0.39, 0.29) is 0 Å². The molecule has 0 atom stereocenters. The molecule has 1 heterocycles. The second-order valence-corrected chi connectivity index (χ2v) is 5.81. The van der Waals surface area contributed by atoms with Crippen LogP contribution in [0.5, 0.6) is 0 Å². The molecule has 0 spiro atoms. The molecule has 22 heavy (non-hydrogen) atoms. The Kier molecular flexibility index (Phi) is 4.38. The van der Waals surface area contributed by atoms with Crippen molar-refractivity contribution < 1.29 is 0 Å². The lowest BCUT2D eigenvalue weighted by molar-refractivity contribution is 0.859. The molecular weight excluding hydrogens is 268 g/mol. The summed E-state index contributed by atoms with van der Waals surface area (Å²) in [5, 5.41) is 4.71. The van der Waals surface area contributed by atoms with Crippen molar-refractivity contribution in [1.82, 2.24) is 4.98 Å². The van der Waals surface area contributed by atoms with Crippen LogP contribution in [0.1, 0.15) is 23.1 Å². The summed E-state index contributed by atoms with van der Waals surface area (Å²) >= 11 is 0. The van der Waals surface area contributed by atoms with Crippen molar-refractivity contribution in [3.8, 4) is 0 Å². The standard InChI is InChI=1S/C20H22N2/c1-15-8-6-12-18-16(2)14-19(22-20(15)18)21-13-7-11-17-9-4-3-5-10-17/h3-6,8-10,12,14H,7,11,13H2,1-2H3,(H,21,22). The minimum Gasteiger partial charge on any atom is -0.370 e. The Hall–Kier alpha value is -2.35. The van der Waals surface area contributed by atoms with E-state index >= 15 is 0 Å². The van der Waals surface area contributed by atoms with E-state index in [1.54, 1.807) is 0 Å². The summed E-state index contributed by atoms with van der Waals surface area (Å²) in [4.78, 5) is 4.77. The van der Waals surface area contributed by atoms with Gasteiger partial charge in [-0.3, -0.25) is 0 Å². The fourth-order valence-electron chi connectivity index (χ4n) is 2.81. The fraction of sp³-hybridized carbons (Fsp3) is 0.250. The molecule has 3 rings (SSSR count). The number of anilines is 1. The van der Waals surface area contributed by atoms with E-state index in [0.29, 0.717) is 0 Å².